The summed E-state index contributed by atoms with van der Waals surface area (Å²) in [5.41, 5.74) is 2.78. The Labute approximate surface area is 135 Å². The van der Waals surface area contributed by atoms with E-state index in [0.717, 1.165) is 36.8 Å². The summed E-state index contributed by atoms with van der Waals surface area (Å²) in [6.07, 6.45) is 7.63. The van der Waals surface area contributed by atoms with Crippen molar-refractivity contribution in [2.75, 3.05) is 13.2 Å². The SMILES string of the molecule is O=C(NC(C(=O)O)C1CCCOC1)c1ccc2c(c1)CCC=C2. The summed E-state index contributed by atoms with van der Waals surface area (Å²) in [4.78, 5) is 24.0. The largest absolute Gasteiger partial charge is 0.480 e. The molecule has 1 aliphatic carbocycles. The maximum Gasteiger partial charge on any atom is 0.326 e. The van der Waals surface area contributed by atoms with Crippen LogP contribution in [0.5, 0.6) is 0 Å². The number of carboxylic acids is 1. The first-order valence-electron chi connectivity index (χ1n) is 8.06. The lowest BCUT2D eigenvalue weighted by Crippen LogP contribution is -2.48. The second kappa shape index (κ2) is 6.96. The zero-order valence-corrected chi connectivity index (χ0v) is 13.0. The number of aryl methyl sites for hydroxylation is 1. The van der Waals surface area contributed by atoms with Gasteiger partial charge in [0, 0.05) is 18.1 Å². The molecule has 1 fully saturated rings. The number of aliphatic carboxylic acids is 1. The molecule has 0 radical (unpaired) electrons. The number of hydrogen-bond donors (Lipinski definition) is 2. The van der Waals surface area contributed by atoms with Gasteiger partial charge in [-0.25, -0.2) is 4.79 Å². The van der Waals surface area contributed by atoms with Crippen LogP contribution in [0.3, 0.4) is 0 Å². The summed E-state index contributed by atoms with van der Waals surface area (Å²) in [5, 5.41) is 12.1. The first-order valence-corrected chi connectivity index (χ1v) is 8.06. The molecule has 1 saturated heterocycles. The van der Waals surface area contributed by atoms with Gasteiger partial charge in [-0.2, -0.15) is 0 Å². The van der Waals surface area contributed by atoms with E-state index in [1.54, 1.807) is 6.07 Å². The number of amides is 1. The number of fused-ring (bicyclic) bond motifs is 1. The highest BCUT2D eigenvalue weighted by Gasteiger charge is 2.31. The third kappa shape index (κ3) is 3.62. The van der Waals surface area contributed by atoms with Gasteiger partial charge in [-0.15, -0.1) is 0 Å². The molecule has 5 nitrogen and oxygen atoms in total. The lowest BCUT2D eigenvalue weighted by Gasteiger charge is -2.28. The van der Waals surface area contributed by atoms with Crippen LogP contribution in [0.4, 0.5) is 0 Å². The van der Waals surface area contributed by atoms with E-state index in [1.807, 2.05) is 12.1 Å². The number of ether oxygens (including phenoxy) is 1. The van der Waals surface area contributed by atoms with E-state index in [2.05, 4.69) is 17.5 Å². The molecule has 5 heteroatoms. The quantitative estimate of drug-likeness (QED) is 0.893. The molecule has 0 bridgehead atoms. The van der Waals surface area contributed by atoms with Crippen molar-refractivity contribution in [2.45, 2.75) is 31.7 Å². The predicted octanol–water partition coefficient (Wildman–Crippen LogP) is 2.26. The number of hydrogen-bond acceptors (Lipinski definition) is 3. The topological polar surface area (TPSA) is 75.6 Å². The molecule has 1 aromatic rings. The fraction of sp³-hybridized carbons (Fsp3) is 0.444. The Morgan fingerprint density at radius 2 is 2.22 bits per heavy atom. The summed E-state index contributed by atoms with van der Waals surface area (Å²) in [7, 11) is 0. The van der Waals surface area contributed by atoms with Crippen LogP contribution < -0.4 is 5.32 Å². The molecular formula is C18H21NO4. The van der Waals surface area contributed by atoms with Gasteiger partial charge in [-0.3, -0.25) is 4.79 Å². The van der Waals surface area contributed by atoms with Crippen LogP contribution in [0.15, 0.2) is 24.3 Å². The maximum absolute atomic E-state index is 12.5. The number of allylic oxidation sites excluding steroid dienone is 1. The van der Waals surface area contributed by atoms with E-state index in [-0.39, 0.29) is 11.8 Å². The molecule has 2 atom stereocenters. The Bertz CT molecular complexity index is 632. The van der Waals surface area contributed by atoms with E-state index in [1.165, 1.54) is 0 Å². The van der Waals surface area contributed by atoms with Gasteiger partial charge in [0.15, 0.2) is 0 Å². The predicted molar refractivity (Wildman–Crippen MR) is 86.2 cm³/mol. The summed E-state index contributed by atoms with van der Waals surface area (Å²) in [5.74, 6) is -1.51. The molecule has 1 aromatic carbocycles. The van der Waals surface area contributed by atoms with Gasteiger partial charge in [-0.05, 0) is 48.9 Å². The van der Waals surface area contributed by atoms with Gasteiger partial charge in [0.2, 0.25) is 0 Å². The number of carbonyl (C=O) groups is 2. The highest BCUT2D eigenvalue weighted by Crippen LogP contribution is 2.22. The van der Waals surface area contributed by atoms with E-state index in [4.69, 9.17) is 4.74 Å². The minimum Gasteiger partial charge on any atom is -0.480 e. The van der Waals surface area contributed by atoms with Gasteiger partial charge in [0.05, 0.1) is 6.61 Å². The number of nitrogens with one attached hydrogen (secondary N) is 1. The standard InChI is InChI=1S/C18H21NO4/c20-17(14-8-7-12-4-1-2-5-13(12)10-14)19-16(18(21)22)15-6-3-9-23-11-15/h1,4,7-8,10,15-16H,2-3,5-6,9,11H2,(H,19,20)(H,21,22). The molecule has 0 aromatic heterocycles. The van der Waals surface area contributed by atoms with Crippen molar-refractivity contribution in [1.29, 1.82) is 0 Å². The molecular weight excluding hydrogens is 294 g/mol. The highest BCUT2D eigenvalue weighted by atomic mass is 16.5. The Morgan fingerprint density at radius 3 is 2.96 bits per heavy atom. The summed E-state index contributed by atoms with van der Waals surface area (Å²) in [6, 6.07) is 4.63. The molecule has 3 rings (SSSR count). The number of rotatable bonds is 4. The molecule has 23 heavy (non-hydrogen) atoms. The van der Waals surface area contributed by atoms with E-state index in [9.17, 15) is 14.7 Å². The highest BCUT2D eigenvalue weighted by molar-refractivity contribution is 5.97. The summed E-state index contributed by atoms with van der Waals surface area (Å²) in [6.45, 7) is 1.04. The van der Waals surface area contributed by atoms with Gasteiger partial charge < -0.3 is 15.2 Å². The van der Waals surface area contributed by atoms with Crippen molar-refractivity contribution in [2.24, 2.45) is 5.92 Å². The lowest BCUT2D eigenvalue weighted by atomic mass is 9.92. The normalized spacial score (nSPS) is 21.3. The Kier molecular flexibility index (Phi) is 4.76. The van der Waals surface area contributed by atoms with Crippen molar-refractivity contribution in [3.8, 4) is 0 Å². The van der Waals surface area contributed by atoms with Crippen LogP contribution >= 0.6 is 0 Å². The zero-order chi connectivity index (χ0) is 16.2. The minimum absolute atomic E-state index is 0.175. The van der Waals surface area contributed by atoms with Gasteiger partial charge >= 0.3 is 5.97 Å². The second-order valence-corrected chi connectivity index (χ2v) is 6.12. The monoisotopic (exact) mass is 315 g/mol. The number of benzene rings is 1. The first kappa shape index (κ1) is 15.7. The number of carbonyl (C=O) groups excluding carboxylic acids is 1. The van der Waals surface area contributed by atoms with Crippen molar-refractivity contribution in [3.63, 3.8) is 0 Å². The van der Waals surface area contributed by atoms with Gasteiger partial charge in [0.25, 0.3) is 5.91 Å². The third-order valence-corrected chi connectivity index (χ3v) is 4.50. The van der Waals surface area contributed by atoms with Crippen LogP contribution in [0, 0.1) is 5.92 Å². The lowest BCUT2D eigenvalue weighted by molar-refractivity contribution is -0.142. The average Bonchev–Trinajstić information content (AvgIpc) is 2.59. The second-order valence-electron chi connectivity index (χ2n) is 6.12. The van der Waals surface area contributed by atoms with E-state index < -0.39 is 12.0 Å². The fourth-order valence-electron chi connectivity index (χ4n) is 3.21. The smallest absolute Gasteiger partial charge is 0.326 e. The first-order chi connectivity index (χ1) is 11.1. The van der Waals surface area contributed by atoms with Crippen molar-refractivity contribution >= 4 is 18.0 Å². The molecule has 122 valence electrons. The Balaban J connectivity index is 1.73. The molecule has 1 amide bonds. The van der Waals surface area contributed by atoms with E-state index in [0.29, 0.717) is 18.8 Å². The minimum atomic E-state index is -1.00. The fourth-order valence-corrected chi connectivity index (χ4v) is 3.21. The van der Waals surface area contributed by atoms with Crippen LogP contribution in [-0.4, -0.2) is 36.2 Å². The van der Waals surface area contributed by atoms with E-state index >= 15 is 0 Å². The van der Waals surface area contributed by atoms with Crippen molar-refractivity contribution < 1.29 is 19.4 Å². The zero-order valence-electron chi connectivity index (χ0n) is 13.0. The summed E-state index contributed by atoms with van der Waals surface area (Å²) >= 11 is 0. The average molecular weight is 315 g/mol. The third-order valence-electron chi connectivity index (χ3n) is 4.50. The molecule has 2 N–H and O–H groups in total. The molecule has 0 saturated carbocycles. The Hall–Kier alpha value is -2.14. The molecule has 0 spiro atoms. The van der Waals surface area contributed by atoms with Crippen LogP contribution in [-0.2, 0) is 16.0 Å². The van der Waals surface area contributed by atoms with Crippen molar-refractivity contribution in [1.82, 2.24) is 5.32 Å². The van der Waals surface area contributed by atoms with Gasteiger partial charge in [-0.1, -0.05) is 18.2 Å². The van der Waals surface area contributed by atoms with Crippen LogP contribution in [0.1, 0.15) is 40.7 Å². The molecule has 1 aliphatic heterocycles. The number of carboxylic acid groups (broad SMARTS) is 1. The van der Waals surface area contributed by atoms with Crippen LogP contribution in [0.2, 0.25) is 0 Å². The molecule has 1 heterocycles. The molecule has 2 aliphatic rings. The van der Waals surface area contributed by atoms with Crippen molar-refractivity contribution in [3.05, 3.63) is 41.0 Å². The van der Waals surface area contributed by atoms with Gasteiger partial charge in [0.1, 0.15) is 6.04 Å². The Morgan fingerprint density at radius 1 is 1.35 bits per heavy atom. The molecule has 2 unspecified atom stereocenters. The maximum atomic E-state index is 12.5. The van der Waals surface area contributed by atoms with Crippen LogP contribution in [0.25, 0.3) is 6.08 Å². The summed E-state index contributed by atoms with van der Waals surface area (Å²) < 4.78 is 5.35.